The Morgan fingerprint density at radius 2 is 1.42 bits per heavy atom. The summed E-state index contributed by atoms with van der Waals surface area (Å²) in [5, 5.41) is 0. The van der Waals surface area contributed by atoms with E-state index in [-0.39, 0.29) is 0 Å². The fraction of sp³-hybridized carbons (Fsp3) is 0.0500. The molecular formula is C20H17BrN2O. The Morgan fingerprint density at radius 3 is 2.00 bits per heavy atom. The number of primary amides is 1. The molecule has 0 aliphatic carbocycles. The predicted octanol–water partition coefficient (Wildman–Crippen LogP) is 4.81. The van der Waals surface area contributed by atoms with E-state index in [4.69, 9.17) is 5.73 Å². The average molecular weight is 381 g/mol. The molecule has 0 aromatic heterocycles. The molecule has 3 rings (SSSR count). The van der Waals surface area contributed by atoms with Crippen LogP contribution in [0.2, 0.25) is 0 Å². The monoisotopic (exact) mass is 380 g/mol. The Labute approximate surface area is 149 Å². The highest BCUT2D eigenvalue weighted by Crippen LogP contribution is 2.36. The number of hydrogen-bond donors (Lipinski definition) is 1. The summed E-state index contributed by atoms with van der Waals surface area (Å²) >= 11 is 3.50. The number of carbonyl (C=O) groups is 1. The zero-order valence-corrected chi connectivity index (χ0v) is 14.6. The molecule has 24 heavy (non-hydrogen) atoms. The van der Waals surface area contributed by atoms with Crippen LogP contribution in [0.5, 0.6) is 0 Å². The quantitative estimate of drug-likeness (QED) is 0.689. The minimum absolute atomic E-state index is 0.398. The molecule has 0 bridgehead atoms. The molecule has 1 atom stereocenters. The lowest BCUT2D eigenvalue weighted by Crippen LogP contribution is -2.35. The fourth-order valence-corrected chi connectivity index (χ4v) is 3.12. The molecule has 0 saturated carbocycles. The van der Waals surface area contributed by atoms with Crippen molar-refractivity contribution in [2.24, 2.45) is 5.73 Å². The molecule has 0 radical (unpaired) electrons. The van der Waals surface area contributed by atoms with Crippen LogP contribution in [0.3, 0.4) is 0 Å². The summed E-state index contributed by atoms with van der Waals surface area (Å²) in [4.78, 5) is 14.3. The van der Waals surface area contributed by atoms with Crippen LogP contribution in [-0.4, -0.2) is 5.91 Å². The first kappa shape index (κ1) is 16.3. The van der Waals surface area contributed by atoms with Gasteiger partial charge in [0.25, 0.3) is 0 Å². The van der Waals surface area contributed by atoms with E-state index in [2.05, 4.69) is 15.9 Å². The third-order valence-corrected chi connectivity index (χ3v) is 4.26. The lowest BCUT2D eigenvalue weighted by Gasteiger charge is -2.32. The van der Waals surface area contributed by atoms with Crippen LogP contribution >= 0.6 is 15.9 Å². The second-order valence-electron chi connectivity index (χ2n) is 5.40. The lowest BCUT2D eigenvalue weighted by molar-refractivity contribution is -0.119. The summed E-state index contributed by atoms with van der Waals surface area (Å²) in [6.45, 7) is 0. The minimum Gasteiger partial charge on any atom is -0.368 e. The minimum atomic E-state index is -0.595. The average Bonchev–Trinajstić information content (AvgIpc) is 2.60. The maximum atomic E-state index is 12.3. The lowest BCUT2D eigenvalue weighted by atomic mass is 10.0. The van der Waals surface area contributed by atoms with Crippen molar-refractivity contribution < 1.29 is 4.79 Å². The van der Waals surface area contributed by atoms with Crippen molar-refractivity contribution in [3.8, 4) is 0 Å². The van der Waals surface area contributed by atoms with E-state index in [9.17, 15) is 4.79 Å². The highest BCUT2D eigenvalue weighted by Gasteiger charge is 2.27. The van der Waals surface area contributed by atoms with Crippen molar-refractivity contribution in [1.29, 1.82) is 0 Å². The third kappa shape index (κ3) is 3.49. The number of anilines is 2. The van der Waals surface area contributed by atoms with E-state index in [1.165, 1.54) is 0 Å². The molecule has 0 aliphatic rings. The van der Waals surface area contributed by atoms with Gasteiger partial charge in [-0.2, -0.15) is 0 Å². The van der Waals surface area contributed by atoms with E-state index in [1.54, 1.807) is 0 Å². The summed E-state index contributed by atoms with van der Waals surface area (Å²) in [7, 11) is 0. The van der Waals surface area contributed by atoms with Crippen molar-refractivity contribution in [3.05, 3.63) is 95.0 Å². The maximum Gasteiger partial charge on any atom is 0.245 e. The van der Waals surface area contributed by atoms with Gasteiger partial charge in [-0.3, -0.25) is 4.79 Å². The van der Waals surface area contributed by atoms with E-state index < -0.39 is 11.9 Å². The van der Waals surface area contributed by atoms with Crippen molar-refractivity contribution in [2.45, 2.75) is 6.04 Å². The maximum absolute atomic E-state index is 12.3. The first-order chi connectivity index (χ1) is 11.7. The van der Waals surface area contributed by atoms with Crippen LogP contribution in [0.25, 0.3) is 0 Å². The highest BCUT2D eigenvalue weighted by atomic mass is 79.9. The van der Waals surface area contributed by atoms with Crippen molar-refractivity contribution >= 4 is 33.2 Å². The molecule has 0 heterocycles. The molecular weight excluding hydrogens is 364 g/mol. The SMILES string of the molecule is NC(=O)C(c1ccccc1)N(c1ccccc1)c1cccc(Br)c1. The molecule has 2 N–H and O–H groups in total. The van der Waals surface area contributed by atoms with Gasteiger partial charge in [-0.1, -0.05) is 70.5 Å². The van der Waals surface area contributed by atoms with Gasteiger partial charge in [0.15, 0.2) is 0 Å². The van der Waals surface area contributed by atoms with Crippen LogP contribution in [0.4, 0.5) is 11.4 Å². The van der Waals surface area contributed by atoms with Crippen molar-refractivity contribution in [3.63, 3.8) is 0 Å². The van der Waals surface area contributed by atoms with Gasteiger partial charge in [-0.25, -0.2) is 0 Å². The Kier molecular flexibility index (Phi) is 4.96. The Morgan fingerprint density at radius 1 is 0.833 bits per heavy atom. The van der Waals surface area contributed by atoms with E-state index in [1.807, 2.05) is 89.8 Å². The number of benzene rings is 3. The second kappa shape index (κ2) is 7.32. The third-order valence-electron chi connectivity index (χ3n) is 3.76. The van der Waals surface area contributed by atoms with Crippen LogP contribution in [0, 0.1) is 0 Å². The van der Waals surface area contributed by atoms with E-state index in [0.29, 0.717) is 0 Å². The molecule has 3 aromatic carbocycles. The topological polar surface area (TPSA) is 46.3 Å². The number of para-hydroxylation sites is 1. The zero-order valence-electron chi connectivity index (χ0n) is 13.0. The van der Waals surface area contributed by atoms with Crippen molar-refractivity contribution in [1.82, 2.24) is 0 Å². The molecule has 3 nitrogen and oxygen atoms in total. The van der Waals surface area contributed by atoms with Gasteiger partial charge in [-0.15, -0.1) is 0 Å². The van der Waals surface area contributed by atoms with Crippen LogP contribution in [0.1, 0.15) is 11.6 Å². The number of halogens is 1. The molecule has 3 aromatic rings. The molecule has 0 aliphatic heterocycles. The molecule has 4 heteroatoms. The summed E-state index contributed by atoms with van der Waals surface area (Å²) in [5.74, 6) is -0.398. The zero-order chi connectivity index (χ0) is 16.9. The standard InChI is InChI=1S/C20H17BrN2O/c21-16-10-7-13-18(14-16)23(17-11-5-2-6-12-17)19(20(22)24)15-8-3-1-4-9-15/h1-14,19H,(H2,22,24). The Hall–Kier alpha value is -2.59. The van der Waals surface area contributed by atoms with Crippen LogP contribution in [-0.2, 0) is 4.79 Å². The number of nitrogens with two attached hydrogens (primary N) is 1. The largest absolute Gasteiger partial charge is 0.368 e. The molecule has 120 valence electrons. The van der Waals surface area contributed by atoms with Crippen molar-refractivity contribution in [2.75, 3.05) is 4.90 Å². The van der Waals surface area contributed by atoms with Gasteiger partial charge in [0.05, 0.1) is 0 Å². The van der Waals surface area contributed by atoms with Gasteiger partial charge in [-0.05, 0) is 35.9 Å². The second-order valence-corrected chi connectivity index (χ2v) is 6.32. The number of hydrogen-bond acceptors (Lipinski definition) is 2. The highest BCUT2D eigenvalue weighted by molar-refractivity contribution is 9.10. The number of amides is 1. The van der Waals surface area contributed by atoms with Gasteiger partial charge >= 0.3 is 0 Å². The van der Waals surface area contributed by atoms with Crippen LogP contribution in [0.15, 0.2) is 89.4 Å². The first-order valence-corrected chi connectivity index (χ1v) is 8.40. The molecule has 0 saturated heterocycles. The van der Waals surface area contributed by atoms with Gasteiger partial charge in [0.1, 0.15) is 6.04 Å². The van der Waals surface area contributed by atoms with Gasteiger partial charge < -0.3 is 10.6 Å². The summed E-state index contributed by atoms with van der Waals surface area (Å²) < 4.78 is 0.942. The Bertz CT molecular complexity index is 821. The Balaban J connectivity index is 2.18. The van der Waals surface area contributed by atoms with E-state index in [0.717, 1.165) is 21.4 Å². The van der Waals surface area contributed by atoms with Gasteiger partial charge in [0, 0.05) is 15.8 Å². The van der Waals surface area contributed by atoms with E-state index >= 15 is 0 Å². The first-order valence-electron chi connectivity index (χ1n) is 7.61. The summed E-state index contributed by atoms with van der Waals surface area (Å²) in [5.41, 5.74) is 8.44. The molecule has 1 unspecified atom stereocenters. The predicted molar refractivity (Wildman–Crippen MR) is 101 cm³/mol. The summed E-state index contributed by atoms with van der Waals surface area (Å²) in [6, 6.07) is 26.6. The molecule has 1 amide bonds. The fourth-order valence-electron chi connectivity index (χ4n) is 2.74. The number of rotatable bonds is 5. The number of nitrogens with zero attached hydrogens (tertiary/aromatic N) is 1. The molecule has 0 fully saturated rings. The van der Waals surface area contributed by atoms with Crippen LogP contribution < -0.4 is 10.6 Å². The smallest absolute Gasteiger partial charge is 0.245 e. The summed E-state index contributed by atoms with van der Waals surface area (Å²) in [6.07, 6.45) is 0. The number of carbonyl (C=O) groups excluding carboxylic acids is 1. The normalized spacial score (nSPS) is 11.7. The van der Waals surface area contributed by atoms with Gasteiger partial charge in [0.2, 0.25) is 5.91 Å². The molecule has 0 spiro atoms.